The molecule has 1 saturated heterocycles. The Morgan fingerprint density at radius 3 is 2.94 bits per heavy atom. The normalized spacial score (nSPS) is 19.6. The molecule has 16 heavy (non-hydrogen) atoms. The third-order valence-electron chi connectivity index (χ3n) is 3.09. The van der Waals surface area contributed by atoms with Crippen LogP contribution in [0.3, 0.4) is 0 Å². The van der Waals surface area contributed by atoms with Gasteiger partial charge in [-0.15, -0.1) is 12.4 Å². The van der Waals surface area contributed by atoms with Gasteiger partial charge in [0.2, 0.25) is 0 Å². The van der Waals surface area contributed by atoms with Crippen molar-refractivity contribution in [2.45, 2.75) is 25.8 Å². The Bertz CT molecular complexity index is 364. The Balaban J connectivity index is 0.00000128. The van der Waals surface area contributed by atoms with E-state index in [-0.39, 0.29) is 24.4 Å². The Kier molecular flexibility index (Phi) is 4.38. The summed E-state index contributed by atoms with van der Waals surface area (Å²) < 4.78 is 0. The number of carbonyl (C=O) groups excluding carboxylic acids is 1. The fourth-order valence-corrected chi connectivity index (χ4v) is 2.17. The summed E-state index contributed by atoms with van der Waals surface area (Å²) in [4.78, 5) is 17.0. The molecular weight excluding hydrogens is 226 g/mol. The summed E-state index contributed by atoms with van der Waals surface area (Å²) in [5.41, 5.74) is 7.43. The zero-order valence-electron chi connectivity index (χ0n) is 9.40. The van der Waals surface area contributed by atoms with Gasteiger partial charge in [-0.3, -0.25) is 4.79 Å². The van der Waals surface area contributed by atoms with E-state index in [0.717, 1.165) is 30.5 Å². The second kappa shape index (κ2) is 5.37. The lowest BCUT2D eigenvalue weighted by Crippen LogP contribution is -2.40. The predicted molar refractivity (Wildman–Crippen MR) is 65.9 cm³/mol. The molecule has 2 rings (SSSR count). The summed E-state index contributed by atoms with van der Waals surface area (Å²) in [5, 5.41) is 0. The van der Waals surface area contributed by atoms with Crippen LogP contribution in [0.2, 0.25) is 0 Å². The number of hydrogen-bond donors (Lipinski definition) is 2. The van der Waals surface area contributed by atoms with E-state index < -0.39 is 0 Å². The van der Waals surface area contributed by atoms with Gasteiger partial charge in [-0.1, -0.05) is 0 Å². The molecule has 1 amide bonds. The number of H-pyrrole nitrogens is 1. The molecule has 2 heterocycles. The third kappa shape index (κ3) is 2.23. The standard InChI is InChI=1S/C11H17N3O.ClH/c1-8-6-13-7-10(8)11(15)14-4-2-3-9(14)5-12;/h6-7,9,13H,2-5,12H2,1H3;1H. The third-order valence-corrected chi connectivity index (χ3v) is 3.09. The number of amides is 1. The van der Waals surface area contributed by atoms with Crippen molar-refractivity contribution in [3.8, 4) is 0 Å². The summed E-state index contributed by atoms with van der Waals surface area (Å²) in [6.07, 6.45) is 5.72. The number of nitrogens with two attached hydrogens (primary N) is 1. The highest BCUT2D eigenvalue weighted by Gasteiger charge is 2.29. The minimum atomic E-state index is 0. The maximum Gasteiger partial charge on any atom is 0.255 e. The van der Waals surface area contributed by atoms with Crippen LogP contribution in [-0.4, -0.2) is 34.9 Å². The summed E-state index contributed by atoms with van der Waals surface area (Å²) in [5.74, 6) is 0.113. The van der Waals surface area contributed by atoms with E-state index in [2.05, 4.69) is 4.98 Å². The van der Waals surface area contributed by atoms with Crippen LogP contribution in [-0.2, 0) is 0 Å². The van der Waals surface area contributed by atoms with Crippen LogP contribution in [0.25, 0.3) is 0 Å². The van der Waals surface area contributed by atoms with Gasteiger partial charge in [0.15, 0.2) is 0 Å². The van der Waals surface area contributed by atoms with Gasteiger partial charge in [-0.05, 0) is 25.3 Å². The lowest BCUT2D eigenvalue weighted by Gasteiger charge is -2.23. The smallest absolute Gasteiger partial charge is 0.255 e. The van der Waals surface area contributed by atoms with Crippen molar-refractivity contribution in [2.24, 2.45) is 5.73 Å². The van der Waals surface area contributed by atoms with Gasteiger partial charge >= 0.3 is 0 Å². The van der Waals surface area contributed by atoms with Crippen LogP contribution >= 0.6 is 12.4 Å². The fourth-order valence-electron chi connectivity index (χ4n) is 2.17. The van der Waals surface area contributed by atoms with Crippen LogP contribution < -0.4 is 5.73 Å². The maximum atomic E-state index is 12.1. The maximum absolute atomic E-state index is 12.1. The number of halogens is 1. The van der Waals surface area contributed by atoms with Crippen molar-refractivity contribution in [2.75, 3.05) is 13.1 Å². The molecule has 1 fully saturated rings. The molecule has 0 saturated carbocycles. The fraction of sp³-hybridized carbons (Fsp3) is 0.545. The minimum absolute atomic E-state index is 0. The van der Waals surface area contributed by atoms with E-state index in [1.807, 2.05) is 18.0 Å². The Hall–Kier alpha value is -1.00. The molecule has 5 heteroatoms. The van der Waals surface area contributed by atoms with E-state index in [1.54, 1.807) is 6.20 Å². The van der Waals surface area contributed by atoms with Crippen LogP contribution in [0, 0.1) is 6.92 Å². The Labute approximate surface area is 102 Å². The van der Waals surface area contributed by atoms with Gasteiger partial charge in [0, 0.05) is 31.5 Å². The first-order valence-corrected chi connectivity index (χ1v) is 5.38. The average molecular weight is 244 g/mol. The highest BCUT2D eigenvalue weighted by molar-refractivity contribution is 5.95. The van der Waals surface area contributed by atoms with Crippen LogP contribution in [0.1, 0.15) is 28.8 Å². The molecule has 90 valence electrons. The monoisotopic (exact) mass is 243 g/mol. The van der Waals surface area contributed by atoms with Gasteiger partial charge in [0.05, 0.1) is 5.56 Å². The number of rotatable bonds is 2. The molecule has 1 aliphatic heterocycles. The average Bonchev–Trinajstić information content (AvgIpc) is 2.84. The number of nitrogens with one attached hydrogen (secondary N) is 1. The van der Waals surface area contributed by atoms with Gasteiger partial charge in [-0.25, -0.2) is 0 Å². The molecule has 3 N–H and O–H groups in total. The van der Waals surface area contributed by atoms with Crippen molar-refractivity contribution in [1.82, 2.24) is 9.88 Å². The van der Waals surface area contributed by atoms with Crippen LogP contribution in [0.15, 0.2) is 12.4 Å². The number of carbonyl (C=O) groups is 1. The summed E-state index contributed by atoms with van der Waals surface area (Å²) >= 11 is 0. The quantitative estimate of drug-likeness (QED) is 0.823. The summed E-state index contributed by atoms with van der Waals surface area (Å²) in [7, 11) is 0. The first-order valence-electron chi connectivity index (χ1n) is 5.38. The minimum Gasteiger partial charge on any atom is -0.367 e. The lowest BCUT2D eigenvalue weighted by molar-refractivity contribution is 0.0741. The number of aromatic amines is 1. The molecule has 1 aromatic heterocycles. The summed E-state index contributed by atoms with van der Waals surface area (Å²) in [6, 6.07) is 0.229. The Morgan fingerprint density at radius 2 is 2.38 bits per heavy atom. The largest absolute Gasteiger partial charge is 0.367 e. The van der Waals surface area contributed by atoms with Crippen molar-refractivity contribution >= 4 is 18.3 Å². The van der Waals surface area contributed by atoms with Gasteiger partial charge in [0.1, 0.15) is 0 Å². The van der Waals surface area contributed by atoms with Crippen molar-refractivity contribution in [3.05, 3.63) is 23.5 Å². The molecule has 0 aromatic carbocycles. The topological polar surface area (TPSA) is 62.1 Å². The highest BCUT2D eigenvalue weighted by atomic mass is 35.5. The lowest BCUT2D eigenvalue weighted by atomic mass is 10.1. The molecule has 1 aromatic rings. The van der Waals surface area contributed by atoms with Gasteiger partial charge in [0.25, 0.3) is 5.91 Å². The van der Waals surface area contributed by atoms with E-state index in [9.17, 15) is 4.79 Å². The first-order chi connectivity index (χ1) is 7.24. The number of hydrogen-bond acceptors (Lipinski definition) is 2. The second-order valence-corrected chi connectivity index (χ2v) is 4.08. The van der Waals surface area contributed by atoms with Crippen molar-refractivity contribution < 1.29 is 4.79 Å². The van der Waals surface area contributed by atoms with E-state index >= 15 is 0 Å². The molecule has 4 nitrogen and oxygen atoms in total. The molecular formula is C11H18ClN3O. The highest BCUT2D eigenvalue weighted by Crippen LogP contribution is 2.20. The van der Waals surface area contributed by atoms with Crippen molar-refractivity contribution in [1.29, 1.82) is 0 Å². The van der Waals surface area contributed by atoms with E-state index in [1.165, 1.54) is 0 Å². The molecule has 1 atom stereocenters. The van der Waals surface area contributed by atoms with Gasteiger partial charge < -0.3 is 15.6 Å². The molecule has 1 aliphatic rings. The number of nitrogens with zero attached hydrogens (tertiary/aromatic N) is 1. The first kappa shape index (κ1) is 13.1. The molecule has 0 spiro atoms. The predicted octanol–water partition coefficient (Wildman–Crippen LogP) is 1.31. The zero-order chi connectivity index (χ0) is 10.8. The van der Waals surface area contributed by atoms with Crippen LogP contribution in [0.5, 0.6) is 0 Å². The molecule has 0 radical (unpaired) electrons. The molecule has 0 aliphatic carbocycles. The number of likely N-dealkylation sites (tertiary alicyclic amines) is 1. The molecule has 1 unspecified atom stereocenters. The van der Waals surface area contributed by atoms with Gasteiger partial charge in [-0.2, -0.15) is 0 Å². The molecule has 0 bridgehead atoms. The van der Waals surface area contributed by atoms with Crippen molar-refractivity contribution in [3.63, 3.8) is 0 Å². The second-order valence-electron chi connectivity index (χ2n) is 4.08. The van der Waals surface area contributed by atoms with E-state index in [0.29, 0.717) is 6.54 Å². The number of aromatic nitrogens is 1. The number of aryl methyl sites for hydroxylation is 1. The summed E-state index contributed by atoms with van der Waals surface area (Å²) in [6.45, 7) is 3.35. The van der Waals surface area contributed by atoms with E-state index in [4.69, 9.17) is 5.73 Å². The zero-order valence-corrected chi connectivity index (χ0v) is 10.2. The Morgan fingerprint density at radius 1 is 1.62 bits per heavy atom. The van der Waals surface area contributed by atoms with Crippen LogP contribution in [0.4, 0.5) is 0 Å². The SMILES string of the molecule is Cc1c[nH]cc1C(=O)N1CCCC1CN.Cl.